The monoisotopic (exact) mass is 411 g/mol. The largest absolute Gasteiger partial charge is 0.325 e. The van der Waals surface area contributed by atoms with Gasteiger partial charge in [-0.05, 0) is 55.1 Å². The van der Waals surface area contributed by atoms with Crippen molar-refractivity contribution in [1.29, 1.82) is 0 Å². The second kappa shape index (κ2) is 6.85. The van der Waals surface area contributed by atoms with Gasteiger partial charge in [0.2, 0.25) is 0 Å². The topological polar surface area (TPSA) is 66.5 Å². The van der Waals surface area contributed by atoms with Crippen LogP contribution in [0, 0.1) is 6.92 Å². The molecule has 0 atom stereocenters. The van der Waals surface area contributed by atoms with Crippen molar-refractivity contribution < 1.29 is 0 Å². The van der Waals surface area contributed by atoms with Crippen LogP contribution in [-0.2, 0) is 0 Å². The Morgan fingerprint density at radius 2 is 1.84 bits per heavy atom. The van der Waals surface area contributed by atoms with E-state index in [1.807, 2.05) is 61.5 Å². The molecular formula is C18H14BrN5S. The highest BCUT2D eigenvalue weighted by Gasteiger charge is 2.10. The normalized spacial score (nSPS) is 11.0. The van der Waals surface area contributed by atoms with Gasteiger partial charge >= 0.3 is 0 Å². The van der Waals surface area contributed by atoms with Crippen LogP contribution >= 0.6 is 27.7 Å². The lowest BCUT2D eigenvalue weighted by Crippen LogP contribution is -1.98. The molecule has 4 rings (SSSR count). The summed E-state index contributed by atoms with van der Waals surface area (Å²) in [4.78, 5) is 10.5. The lowest BCUT2D eigenvalue weighted by Gasteiger charge is -2.09. The van der Waals surface area contributed by atoms with Gasteiger partial charge in [-0.25, -0.2) is 9.97 Å². The maximum absolute atomic E-state index is 4.70. The Morgan fingerprint density at radius 1 is 1.04 bits per heavy atom. The average molecular weight is 412 g/mol. The van der Waals surface area contributed by atoms with Crippen LogP contribution in [0.5, 0.6) is 0 Å². The van der Waals surface area contributed by atoms with Gasteiger partial charge in [0.1, 0.15) is 11.6 Å². The van der Waals surface area contributed by atoms with Gasteiger partial charge in [0.05, 0.1) is 11.2 Å². The van der Waals surface area contributed by atoms with Crippen LogP contribution in [0.15, 0.2) is 69.1 Å². The Bertz CT molecular complexity index is 1030. The van der Waals surface area contributed by atoms with Crippen molar-refractivity contribution in [3.8, 4) is 0 Å². The molecule has 2 N–H and O–H groups in total. The predicted octanol–water partition coefficient (Wildman–Crippen LogP) is 5.32. The number of aryl methyl sites for hydroxylation is 1. The van der Waals surface area contributed by atoms with Crippen molar-refractivity contribution in [2.45, 2.75) is 17.0 Å². The molecule has 0 radical (unpaired) electrons. The second-order valence-corrected chi connectivity index (χ2v) is 7.43. The Labute approximate surface area is 157 Å². The summed E-state index contributed by atoms with van der Waals surface area (Å²) in [7, 11) is 0. The number of anilines is 2. The highest BCUT2D eigenvalue weighted by molar-refractivity contribution is 9.10. The minimum absolute atomic E-state index is 0.694. The van der Waals surface area contributed by atoms with Gasteiger partial charge in [0, 0.05) is 20.8 Å². The lowest BCUT2D eigenvalue weighted by atomic mass is 10.2. The Balaban J connectivity index is 1.73. The van der Waals surface area contributed by atoms with E-state index in [1.54, 1.807) is 0 Å². The molecule has 25 heavy (non-hydrogen) atoms. The minimum Gasteiger partial charge on any atom is -0.325 e. The minimum atomic E-state index is 0.694. The number of benzene rings is 2. The number of hydrogen-bond donors (Lipinski definition) is 2. The summed E-state index contributed by atoms with van der Waals surface area (Å²) in [6.07, 6.45) is 0. The van der Waals surface area contributed by atoms with Gasteiger partial charge < -0.3 is 5.32 Å². The maximum Gasteiger partial charge on any atom is 0.195 e. The Morgan fingerprint density at radius 3 is 2.60 bits per heavy atom. The van der Waals surface area contributed by atoms with Crippen molar-refractivity contribution in [3.05, 3.63) is 64.8 Å². The first kappa shape index (κ1) is 16.1. The summed E-state index contributed by atoms with van der Waals surface area (Å²) in [5.41, 5.74) is 1.82. The number of H-pyrrole nitrogens is 1. The molecular weight excluding hydrogens is 398 g/mol. The highest BCUT2D eigenvalue weighted by Crippen LogP contribution is 2.30. The third-order valence-electron chi connectivity index (χ3n) is 3.56. The van der Waals surface area contributed by atoms with Gasteiger partial charge in [-0.1, -0.05) is 28.1 Å². The van der Waals surface area contributed by atoms with Crippen LogP contribution in [-0.4, -0.2) is 20.2 Å². The number of aromatic amines is 1. The molecule has 2 heterocycles. The molecule has 0 aliphatic carbocycles. The van der Waals surface area contributed by atoms with E-state index in [4.69, 9.17) is 4.98 Å². The fourth-order valence-electron chi connectivity index (χ4n) is 2.42. The molecule has 5 nitrogen and oxygen atoms in total. The molecule has 7 heteroatoms. The van der Waals surface area contributed by atoms with Crippen LogP contribution in [0.25, 0.3) is 10.9 Å². The van der Waals surface area contributed by atoms with Crippen molar-refractivity contribution in [3.63, 3.8) is 0 Å². The number of halogens is 1. The number of nitrogens with zero attached hydrogens (tertiary/aromatic N) is 3. The van der Waals surface area contributed by atoms with Crippen LogP contribution in [0.4, 0.5) is 11.6 Å². The summed E-state index contributed by atoms with van der Waals surface area (Å²) >= 11 is 4.99. The Hall–Kier alpha value is -2.38. The number of hydrogen-bond acceptors (Lipinski definition) is 5. The third kappa shape index (κ3) is 3.67. The Kier molecular flexibility index (Phi) is 4.42. The molecule has 2 aromatic carbocycles. The van der Waals surface area contributed by atoms with E-state index in [9.17, 15) is 0 Å². The number of aromatic nitrogens is 4. The zero-order valence-electron chi connectivity index (χ0n) is 13.3. The van der Waals surface area contributed by atoms with E-state index < -0.39 is 0 Å². The number of para-hydroxylation sites is 1. The number of fused-ring (bicyclic) bond motifs is 1. The average Bonchev–Trinajstić information content (AvgIpc) is 3.02. The fraction of sp³-hybridized carbons (Fsp3) is 0.0556. The summed E-state index contributed by atoms with van der Waals surface area (Å²) < 4.78 is 1.05. The molecule has 2 aromatic heterocycles. The molecule has 0 spiro atoms. The first-order valence-corrected chi connectivity index (χ1v) is 9.27. The predicted molar refractivity (Wildman–Crippen MR) is 104 cm³/mol. The van der Waals surface area contributed by atoms with E-state index in [0.717, 1.165) is 37.6 Å². The van der Waals surface area contributed by atoms with E-state index in [1.165, 1.54) is 11.8 Å². The van der Waals surface area contributed by atoms with Gasteiger partial charge in [-0.15, -0.1) is 0 Å². The molecule has 4 aromatic rings. The zero-order valence-corrected chi connectivity index (χ0v) is 15.7. The first-order chi connectivity index (χ1) is 12.2. The van der Waals surface area contributed by atoms with E-state index >= 15 is 0 Å². The molecule has 0 fully saturated rings. The van der Waals surface area contributed by atoms with Crippen molar-refractivity contribution in [1.82, 2.24) is 20.2 Å². The molecule has 0 aliphatic rings. The van der Waals surface area contributed by atoms with Crippen LogP contribution in [0.2, 0.25) is 0 Å². The van der Waals surface area contributed by atoms with Crippen LogP contribution < -0.4 is 5.32 Å². The van der Waals surface area contributed by atoms with Gasteiger partial charge in [0.25, 0.3) is 0 Å². The van der Waals surface area contributed by atoms with E-state index in [-0.39, 0.29) is 0 Å². The van der Waals surface area contributed by atoms with Crippen molar-refractivity contribution >= 4 is 50.2 Å². The van der Waals surface area contributed by atoms with Crippen molar-refractivity contribution in [2.24, 2.45) is 0 Å². The van der Waals surface area contributed by atoms with Crippen molar-refractivity contribution in [2.75, 3.05) is 5.32 Å². The molecule has 0 saturated carbocycles. The third-order valence-corrected chi connectivity index (χ3v) is 4.97. The molecule has 0 saturated heterocycles. The molecule has 0 amide bonds. The number of nitrogens with one attached hydrogen (secondary N) is 2. The van der Waals surface area contributed by atoms with Crippen LogP contribution in [0.3, 0.4) is 0 Å². The maximum atomic E-state index is 4.70. The summed E-state index contributed by atoms with van der Waals surface area (Å²) in [5.74, 6) is 1.56. The zero-order chi connectivity index (χ0) is 17.2. The SMILES string of the molecule is Cc1cc(Nc2nc(Sc3ccc(Br)cc3)nc3ccccc23)[nH]n1. The van der Waals surface area contributed by atoms with Crippen LogP contribution in [0.1, 0.15) is 5.69 Å². The summed E-state index contributed by atoms with van der Waals surface area (Å²) in [6, 6.07) is 18.0. The van der Waals surface area contributed by atoms with Gasteiger partial charge in [-0.3, -0.25) is 5.10 Å². The summed E-state index contributed by atoms with van der Waals surface area (Å²) in [5, 5.41) is 12.1. The molecule has 0 unspecified atom stereocenters. The first-order valence-electron chi connectivity index (χ1n) is 7.66. The van der Waals surface area contributed by atoms with Gasteiger partial charge in [0.15, 0.2) is 5.16 Å². The lowest BCUT2D eigenvalue weighted by molar-refractivity contribution is 1.00. The standard InChI is InChI=1S/C18H14BrN5S/c1-11-10-16(24-23-11)21-17-14-4-2-3-5-15(14)20-18(22-17)25-13-8-6-12(19)7-9-13/h2-10H,1H3,(H2,20,21,22,23,24). The summed E-state index contributed by atoms with van der Waals surface area (Å²) in [6.45, 7) is 1.94. The van der Waals surface area contributed by atoms with E-state index in [2.05, 4.69) is 36.4 Å². The smallest absolute Gasteiger partial charge is 0.195 e. The highest BCUT2D eigenvalue weighted by atomic mass is 79.9. The second-order valence-electron chi connectivity index (χ2n) is 5.48. The van der Waals surface area contributed by atoms with Gasteiger partial charge in [-0.2, -0.15) is 5.10 Å². The fourth-order valence-corrected chi connectivity index (χ4v) is 3.45. The molecule has 0 aliphatic heterocycles. The molecule has 124 valence electrons. The quantitative estimate of drug-likeness (QED) is 0.444. The number of rotatable bonds is 4. The van der Waals surface area contributed by atoms with E-state index in [0.29, 0.717) is 5.16 Å². The molecule has 0 bridgehead atoms.